The average molecular weight is 415 g/mol. The van der Waals surface area contributed by atoms with Gasteiger partial charge in [-0.05, 0) is 61.1 Å². The van der Waals surface area contributed by atoms with Gasteiger partial charge >= 0.3 is 0 Å². The van der Waals surface area contributed by atoms with Gasteiger partial charge in [0.15, 0.2) is 0 Å². The third-order valence-electron chi connectivity index (χ3n) is 5.08. The maximum atomic E-state index is 12.9. The lowest BCUT2D eigenvalue weighted by molar-refractivity contribution is 0.104. The smallest absolute Gasteiger partial charge is 0.205 e. The van der Waals surface area contributed by atoms with Gasteiger partial charge in [0.1, 0.15) is 9.71 Å². The number of carbonyl (C=O) groups is 1. The predicted molar refractivity (Wildman–Crippen MR) is 107 cm³/mol. The van der Waals surface area contributed by atoms with Crippen LogP contribution in [0.25, 0.3) is 10.2 Å². The number of carbonyl (C=O) groups excluding carboxylic acids is 1. The van der Waals surface area contributed by atoms with Gasteiger partial charge in [-0.25, -0.2) is 4.98 Å². The fraction of sp³-hybridized carbons (Fsp3) is 0.300. The number of benzene rings is 1. The van der Waals surface area contributed by atoms with Crippen molar-refractivity contribution >= 4 is 49.0 Å². The predicted octanol–water partition coefficient (Wildman–Crippen LogP) is 5.39. The van der Waals surface area contributed by atoms with Gasteiger partial charge in [-0.15, -0.1) is 11.3 Å². The van der Waals surface area contributed by atoms with Crippen LogP contribution in [0.2, 0.25) is 0 Å². The minimum absolute atomic E-state index is 0.0302. The topological polar surface area (TPSA) is 56.0 Å². The molecular formula is C20H19BrN2OS. The van der Waals surface area contributed by atoms with E-state index in [1.807, 2.05) is 24.3 Å². The molecule has 2 N–H and O–H groups in total. The highest BCUT2D eigenvalue weighted by Gasteiger charge is 2.23. The van der Waals surface area contributed by atoms with E-state index in [1.165, 1.54) is 35.4 Å². The zero-order chi connectivity index (χ0) is 17.6. The van der Waals surface area contributed by atoms with Crippen LogP contribution in [0.5, 0.6) is 0 Å². The number of hydrogen-bond acceptors (Lipinski definition) is 4. The lowest BCUT2D eigenvalue weighted by Gasteiger charge is -2.22. The summed E-state index contributed by atoms with van der Waals surface area (Å²) in [6.45, 7) is 2.25. The minimum atomic E-state index is -0.0302. The molecule has 0 bridgehead atoms. The fourth-order valence-corrected chi connectivity index (χ4v) is 4.84. The molecule has 3 aromatic rings. The molecule has 0 aliphatic heterocycles. The summed E-state index contributed by atoms with van der Waals surface area (Å²) in [6, 6.07) is 9.56. The summed E-state index contributed by atoms with van der Waals surface area (Å²) in [5.41, 5.74) is 10.1. The number of fused-ring (bicyclic) bond motifs is 2. The van der Waals surface area contributed by atoms with Crippen molar-refractivity contribution in [2.45, 2.75) is 32.6 Å². The maximum Gasteiger partial charge on any atom is 0.205 e. The number of pyridine rings is 1. The highest BCUT2D eigenvalue weighted by atomic mass is 79.9. The van der Waals surface area contributed by atoms with Crippen LogP contribution < -0.4 is 5.73 Å². The molecule has 1 atom stereocenters. The Balaban J connectivity index is 1.77. The molecule has 4 rings (SSSR count). The average Bonchev–Trinajstić information content (AvgIpc) is 2.95. The molecule has 2 heterocycles. The van der Waals surface area contributed by atoms with Crippen molar-refractivity contribution in [2.24, 2.45) is 5.92 Å². The Labute approximate surface area is 159 Å². The largest absolute Gasteiger partial charge is 0.397 e. The third-order valence-corrected chi connectivity index (χ3v) is 6.72. The standard InChI is InChI=1S/C20H19BrN2OS/c1-2-11-3-8-16-13(9-11)10-15-17(22)19(25-20(15)23-16)18(24)12-4-6-14(21)7-5-12/h4-7,10-11H,2-3,8-9,22H2,1H3. The Morgan fingerprint density at radius 1 is 1.36 bits per heavy atom. The highest BCUT2D eigenvalue weighted by molar-refractivity contribution is 9.10. The summed E-state index contributed by atoms with van der Waals surface area (Å²) >= 11 is 4.81. The van der Waals surface area contributed by atoms with Crippen LogP contribution in [0, 0.1) is 5.92 Å². The van der Waals surface area contributed by atoms with Crippen molar-refractivity contribution in [3.63, 3.8) is 0 Å². The lowest BCUT2D eigenvalue weighted by atomic mass is 9.85. The first-order valence-electron chi connectivity index (χ1n) is 8.57. The Morgan fingerprint density at radius 2 is 2.12 bits per heavy atom. The van der Waals surface area contributed by atoms with Crippen LogP contribution >= 0.6 is 27.3 Å². The van der Waals surface area contributed by atoms with Gasteiger partial charge in [0.05, 0.1) is 5.69 Å². The number of halogens is 1. The van der Waals surface area contributed by atoms with Crippen LogP contribution in [0.4, 0.5) is 5.69 Å². The van der Waals surface area contributed by atoms with Crippen LogP contribution in [0.3, 0.4) is 0 Å². The molecule has 5 heteroatoms. The first-order chi connectivity index (χ1) is 12.1. The van der Waals surface area contributed by atoms with Crippen LogP contribution in [-0.2, 0) is 12.8 Å². The monoisotopic (exact) mass is 414 g/mol. The molecule has 1 aliphatic carbocycles. The van der Waals surface area contributed by atoms with E-state index in [9.17, 15) is 4.79 Å². The van der Waals surface area contributed by atoms with Gasteiger partial charge in [0.2, 0.25) is 5.78 Å². The van der Waals surface area contributed by atoms with Gasteiger partial charge in [0.25, 0.3) is 0 Å². The number of thiophene rings is 1. The summed E-state index contributed by atoms with van der Waals surface area (Å²) in [5, 5.41) is 0.931. The van der Waals surface area contributed by atoms with E-state index in [2.05, 4.69) is 28.9 Å². The Kier molecular flexibility index (Phi) is 4.38. The van der Waals surface area contributed by atoms with E-state index in [0.717, 1.165) is 33.4 Å². The number of aryl methyl sites for hydroxylation is 1. The summed E-state index contributed by atoms with van der Waals surface area (Å²) in [4.78, 5) is 19.2. The molecule has 25 heavy (non-hydrogen) atoms. The van der Waals surface area contributed by atoms with Gasteiger partial charge in [0, 0.05) is 21.1 Å². The van der Waals surface area contributed by atoms with Crippen LogP contribution in [-0.4, -0.2) is 10.8 Å². The molecule has 0 fully saturated rings. The van der Waals surface area contributed by atoms with Crippen molar-refractivity contribution < 1.29 is 4.79 Å². The van der Waals surface area contributed by atoms with E-state index in [-0.39, 0.29) is 5.78 Å². The molecule has 2 aromatic heterocycles. The van der Waals surface area contributed by atoms with Gasteiger partial charge in [-0.2, -0.15) is 0 Å². The van der Waals surface area contributed by atoms with E-state index < -0.39 is 0 Å². The van der Waals surface area contributed by atoms with Crippen molar-refractivity contribution in [3.05, 3.63) is 56.5 Å². The zero-order valence-corrected chi connectivity index (χ0v) is 16.4. The molecule has 1 unspecified atom stereocenters. The highest BCUT2D eigenvalue weighted by Crippen LogP contribution is 2.37. The van der Waals surface area contributed by atoms with E-state index in [1.54, 1.807) is 0 Å². The third kappa shape index (κ3) is 3.00. The number of nitrogens with two attached hydrogens (primary N) is 1. The number of anilines is 1. The second-order valence-electron chi connectivity index (χ2n) is 6.64. The number of hydrogen-bond donors (Lipinski definition) is 1. The summed E-state index contributed by atoms with van der Waals surface area (Å²) < 4.78 is 0.952. The molecule has 0 radical (unpaired) electrons. The SMILES string of the molecule is CCC1CCc2nc3sc(C(=O)c4ccc(Br)cc4)c(N)c3cc2C1. The molecule has 0 saturated heterocycles. The lowest BCUT2D eigenvalue weighted by Crippen LogP contribution is -2.14. The van der Waals surface area contributed by atoms with Crippen molar-refractivity contribution in [1.29, 1.82) is 0 Å². The quantitative estimate of drug-likeness (QED) is 0.584. The van der Waals surface area contributed by atoms with Crippen LogP contribution in [0.15, 0.2) is 34.8 Å². The minimum Gasteiger partial charge on any atom is -0.397 e. The molecule has 0 saturated carbocycles. The molecular weight excluding hydrogens is 396 g/mol. The second kappa shape index (κ2) is 6.54. The number of nitrogens with zero attached hydrogens (tertiary/aromatic N) is 1. The van der Waals surface area contributed by atoms with Gasteiger partial charge in [-0.3, -0.25) is 4.79 Å². The van der Waals surface area contributed by atoms with Crippen LogP contribution in [0.1, 0.15) is 46.3 Å². The fourth-order valence-electron chi connectivity index (χ4n) is 3.52. The first kappa shape index (κ1) is 16.7. The Hall–Kier alpha value is -1.72. The van der Waals surface area contributed by atoms with E-state index in [0.29, 0.717) is 16.1 Å². The molecule has 0 spiro atoms. The molecule has 1 aliphatic rings. The first-order valence-corrected chi connectivity index (χ1v) is 10.2. The van der Waals surface area contributed by atoms with Gasteiger partial charge < -0.3 is 5.73 Å². The van der Waals surface area contributed by atoms with E-state index in [4.69, 9.17) is 10.7 Å². The van der Waals surface area contributed by atoms with Crippen molar-refractivity contribution in [3.8, 4) is 0 Å². The number of rotatable bonds is 3. The Morgan fingerprint density at radius 3 is 2.84 bits per heavy atom. The number of nitrogen functional groups attached to an aromatic ring is 1. The molecule has 3 nitrogen and oxygen atoms in total. The number of aromatic nitrogens is 1. The van der Waals surface area contributed by atoms with Crippen molar-refractivity contribution in [2.75, 3.05) is 5.73 Å². The summed E-state index contributed by atoms with van der Waals surface area (Å²) in [6.07, 6.45) is 4.50. The molecule has 128 valence electrons. The van der Waals surface area contributed by atoms with E-state index >= 15 is 0 Å². The number of ketones is 1. The summed E-state index contributed by atoms with van der Waals surface area (Å²) in [7, 11) is 0. The summed E-state index contributed by atoms with van der Waals surface area (Å²) in [5.74, 6) is 0.702. The maximum absolute atomic E-state index is 12.9. The second-order valence-corrected chi connectivity index (χ2v) is 8.56. The van der Waals surface area contributed by atoms with Gasteiger partial charge in [-0.1, -0.05) is 29.3 Å². The van der Waals surface area contributed by atoms with Crippen molar-refractivity contribution in [1.82, 2.24) is 4.98 Å². The normalized spacial score (nSPS) is 16.8. The molecule has 1 aromatic carbocycles. The Bertz CT molecular complexity index is 962. The zero-order valence-electron chi connectivity index (χ0n) is 14.0. The molecule has 0 amide bonds.